The van der Waals surface area contributed by atoms with E-state index in [9.17, 15) is 12.8 Å². The zero-order valence-electron chi connectivity index (χ0n) is 5.22. The Morgan fingerprint density at radius 3 is 2.22 bits per heavy atom. The van der Waals surface area contributed by atoms with Crippen LogP contribution in [-0.4, -0.2) is 19.2 Å². The molecule has 2 nitrogen and oxygen atoms in total. The van der Waals surface area contributed by atoms with E-state index in [2.05, 4.69) is 0 Å². The van der Waals surface area contributed by atoms with Gasteiger partial charge >= 0.3 is 0 Å². The number of rotatable bonds is 0. The molecule has 1 aliphatic rings. The summed E-state index contributed by atoms with van der Waals surface area (Å²) in [5.41, 5.74) is 0. The first-order chi connectivity index (χ1) is 3.96. The van der Waals surface area contributed by atoms with Crippen LogP contribution in [0.5, 0.6) is 0 Å². The summed E-state index contributed by atoms with van der Waals surface area (Å²) in [6.45, 7) is 1.13. The normalized spacial score (nSPS) is 41.1. The molecule has 1 aliphatic heterocycles. The van der Waals surface area contributed by atoms with E-state index in [0.29, 0.717) is 6.42 Å². The lowest BCUT2D eigenvalue weighted by Gasteiger charge is -2.09. The van der Waals surface area contributed by atoms with Crippen molar-refractivity contribution in [3.8, 4) is 0 Å². The topological polar surface area (TPSA) is 34.1 Å². The second-order valence-corrected chi connectivity index (χ2v) is 5.01. The Bertz CT molecular complexity index is 205. The molecule has 0 aromatic rings. The van der Waals surface area contributed by atoms with E-state index in [1.54, 1.807) is 0 Å². The van der Waals surface area contributed by atoms with Crippen LogP contribution in [0.3, 0.4) is 0 Å². The molecule has 0 aromatic carbocycles. The maximum absolute atomic E-state index is 12.8. The van der Waals surface area contributed by atoms with E-state index < -0.39 is 14.8 Å². The predicted octanol–water partition coefficient (Wildman–Crippen LogP) is 0.881. The minimum absolute atomic E-state index is 0.0139. The van der Waals surface area contributed by atoms with Crippen LogP contribution in [0.2, 0.25) is 0 Å². The highest BCUT2D eigenvalue weighted by Gasteiger charge is 2.43. The quantitative estimate of drug-likeness (QED) is 0.516. The summed E-state index contributed by atoms with van der Waals surface area (Å²) in [6.07, 6.45) is 0.630. The molecule has 1 heterocycles. The van der Waals surface area contributed by atoms with Crippen molar-refractivity contribution in [1.82, 2.24) is 0 Å². The lowest BCUT2D eigenvalue weighted by molar-refractivity contribution is 0.290. The summed E-state index contributed by atoms with van der Waals surface area (Å²) in [5, 5.41) is -1.94. The molecule has 9 heavy (non-hydrogen) atoms. The first kappa shape index (κ1) is 6.99. The number of sulfone groups is 1. The van der Waals surface area contributed by atoms with Gasteiger partial charge in [-0.2, -0.15) is 0 Å². The van der Waals surface area contributed by atoms with Crippen LogP contribution in [0.15, 0.2) is 0 Å². The highest BCUT2D eigenvalue weighted by Crippen LogP contribution is 2.32. The lowest BCUT2D eigenvalue weighted by atomic mass is 10.2. The summed E-state index contributed by atoms with van der Waals surface area (Å²) >= 11 is 0. The smallest absolute Gasteiger partial charge is 0.208 e. The molecule has 54 valence electrons. The van der Waals surface area contributed by atoms with Crippen molar-refractivity contribution in [2.45, 2.75) is 24.8 Å². The molecule has 1 saturated heterocycles. The third-order valence-corrected chi connectivity index (χ3v) is 4.01. The summed E-state index contributed by atoms with van der Waals surface area (Å²) in [6, 6.07) is 0. The maximum Gasteiger partial charge on any atom is 0.208 e. The number of hydrogen-bond donors (Lipinski definition) is 0. The Morgan fingerprint density at radius 1 is 1.56 bits per heavy atom. The van der Waals surface area contributed by atoms with Crippen molar-refractivity contribution in [3.05, 3.63) is 0 Å². The Hall–Kier alpha value is -0.120. The average Bonchev–Trinajstić information content (AvgIpc) is 1.81. The second-order valence-electron chi connectivity index (χ2n) is 2.52. The molecule has 0 amide bonds. The molecule has 0 aromatic heterocycles. The molecule has 0 radical (unpaired) electrons. The Balaban J connectivity index is 3.03. The van der Waals surface area contributed by atoms with Gasteiger partial charge in [-0.1, -0.05) is 0 Å². The zero-order chi connectivity index (χ0) is 7.12. The first-order valence-corrected chi connectivity index (χ1v) is 4.52. The second kappa shape index (κ2) is 1.68. The monoisotopic (exact) mass is 152 g/mol. The lowest BCUT2D eigenvalue weighted by Crippen LogP contribution is -2.24. The minimum Gasteiger partial charge on any atom is -0.227 e. The molecule has 0 aliphatic carbocycles. The summed E-state index contributed by atoms with van der Waals surface area (Å²) in [4.78, 5) is 0. The van der Waals surface area contributed by atoms with Crippen LogP contribution in [0.25, 0.3) is 0 Å². The molecule has 0 spiro atoms. The van der Waals surface area contributed by atoms with Gasteiger partial charge in [-0.3, -0.25) is 0 Å². The van der Waals surface area contributed by atoms with Crippen LogP contribution in [0.4, 0.5) is 4.39 Å². The molecule has 0 saturated carbocycles. The summed E-state index contributed by atoms with van der Waals surface area (Å²) in [7, 11) is -3.39. The van der Waals surface area contributed by atoms with Crippen molar-refractivity contribution >= 4 is 9.84 Å². The van der Waals surface area contributed by atoms with Gasteiger partial charge in [0.15, 0.2) is 9.84 Å². The van der Waals surface area contributed by atoms with Gasteiger partial charge in [-0.05, 0) is 19.8 Å². The molecule has 1 fully saturated rings. The SMILES string of the molecule is CC1(F)CCCS1(=O)=O. The van der Waals surface area contributed by atoms with Gasteiger partial charge < -0.3 is 0 Å². The standard InChI is InChI=1S/C5H9FO2S/c1-5(6)3-2-4-9(5,7)8/h2-4H2,1H3. The van der Waals surface area contributed by atoms with Gasteiger partial charge in [0.25, 0.3) is 0 Å². The molecule has 1 unspecified atom stereocenters. The third kappa shape index (κ3) is 0.956. The van der Waals surface area contributed by atoms with Crippen molar-refractivity contribution in [1.29, 1.82) is 0 Å². The largest absolute Gasteiger partial charge is 0.227 e. The molecule has 0 bridgehead atoms. The number of halogens is 1. The van der Waals surface area contributed by atoms with Crippen molar-refractivity contribution in [3.63, 3.8) is 0 Å². The van der Waals surface area contributed by atoms with Crippen LogP contribution in [0, 0.1) is 0 Å². The summed E-state index contributed by atoms with van der Waals surface area (Å²) in [5.74, 6) is 0.0139. The summed E-state index contributed by atoms with van der Waals surface area (Å²) < 4.78 is 34.2. The van der Waals surface area contributed by atoms with Crippen LogP contribution in [-0.2, 0) is 9.84 Å². The Labute approximate surface area is 54.0 Å². The highest BCUT2D eigenvalue weighted by atomic mass is 32.2. The number of hydrogen-bond acceptors (Lipinski definition) is 2. The molecule has 1 atom stereocenters. The van der Waals surface area contributed by atoms with Crippen molar-refractivity contribution < 1.29 is 12.8 Å². The Morgan fingerprint density at radius 2 is 2.11 bits per heavy atom. The number of alkyl halides is 1. The molecule has 4 heteroatoms. The van der Waals surface area contributed by atoms with E-state index in [4.69, 9.17) is 0 Å². The van der Waals surface area contributed by atoms with Gasteiger partial charge in [0.2, 0.25) is 5.00 Å². The first-order valence-electron chi connectivity index (χ1n) is 2.87. The fourth-order valence-electron chi connectivity index (χ4n) is 0.946. The molecular formula is C5H9FO2S. The van der Waals surface area contributed by atoms with Crippen molar-refractivity contribution in [2.24, 2.45) is 0 Å². The minimum atomic E-state index is -3.39. The fraction of sp³-hybridized carbons (Fsp3) is 1.00. The van der Waals surface area contributed by atoms with Gasteiger partial charge in [-0.25, -0.2) is 12.8 Å². The highest BCUT2D eigenvalue weighted by molar-refractivity contribution is 7.92. The van der Waals surface area contributed by atoms with Gasteiger partial charge in [-0.15, -0.1) is 0 Å². The third-order valence-electron chi connectivity index (χ3n) is 1.68. The van der Waals surface area contributed by atoms with Crippen LogP contribution < -0.4 is 0 Å². The van der Waals surface area contributed by atoms with Gasteiger partial charge in [0.05, 0.1) is 5.75 Å². The van der Waals surface area contributed by atoms with E-state index in [-0.39, 0.29) is 12.2 Å². The predicted molar refractivity (Wildman–Crippen MR) is 32.5 cm³/mol. The van der Waals surface area contributed by atoms with E-state index in [1.807, 2.05) is 0 Å². The zero-order valence-corrected chi connectivity index (χ0v) is 6.04. The van der Waals surface area contributed by atoms with E-state index in [0.717, 1.165) is 6.92 Å². The fourth-order valence-corrected chi connectivity index (χ4v) is 2.35. The molecule has 0 N–H and O–H groups in total. The van der Waals surface area contributed by atoms with Crippen LogP contribution in [0.1, 0.15) is 19.8 Å². The Kier molecular flexibility index (Phi) is 1.31. The van der Waals surface area contributed by atoms with Gasteiger partial charge in [0.1, 0.15) is 0 Å². The maximum atomic E-state index is 12.8. The molecular weight excluding hydrogens is 143 g/mol. The van der Waals surface area contributed by atoms with E-state index >= 15 is 0 Å². The van der Waals surface area contributed by atoms with Crippen molar-refractivity contribution in [2.75, 3.05) is 5.75 Å². The van der Waals surface area contributed by atoms with Gasteiger partial charge in [0, 0.05) is 0 Å². The van der Waals surface area contributed by atoms with Crippen LogP contribution >= 0.6 is 0 Å². The molecule has 1 rings (SSSR count). The average molecular weight is 152 g/mol. The van der Waals surface area contributed by atoms with E-state index in [1.165, 1.54) is 0 Å².